The van der Waals surface area contributed by atoms with Gasteiger partial charge in [0.15, 0.2) is 6.10 Å². The first kappa shape index (κ1) is 10.2. The van der Waals surface area contributed by atoms with Crippen molar-refractivity contribution in [3.63, 3.8) is 0 Å². The Bertz CT molecular complexity index is 163. The van der Waals surface area contributed by atoms with Gasteiger partial charge in [-0.3, -0.25) is 0 Å². The van der Waals surface area contributed by atoms with Gasteiger partial charge in [-0.05, 0) is 0 Å². The second kappa shape index (κ2) is 4.38. The molecule has 1 aliphatic rings. The Balaban J connectivity index is 2.49. The maximum atomic E-state index is 11.0. The molecule has 1 aliphatic heterocycles. The Labute approximate surface area is 84.4 Å². The zero-order chi connectivity index (χ0) is 9.14. The van der Waals surface area contributed by atoms with E-state index in [0.717, 1.165) is 0 Å². The second-order valence-corrected chi connectivity index (χ2v) is 4.07. The molecule has 3 atom stereocenters. The first-order valence-corrected chi connectivity index (χ1v) is 4.93. The zero-order valence-electron chi connectivity index (χ0n) is 6.70. The Kier molecular flexibility index (Phi) is 3.73. The van der Waals surface area contributed by atoms with Crippen molar-refractivity contribution in [1.29, 1.82) is 0 Å². The molecule has 1 rings (SSSR count). The van der Waals surface area contributed by atoms with Gasteiger partial charge in [0, 0.05) is 12.8 Å². The van der Waals surface area contributed by atoms with Crippen LogP contribution in [-0.2, 0) is 14.3 Å². The number of rotatable bonds is 1. The summed E-state index contributed by atoms with van der Waals surface area (Å²) in [5, 5.41) is 9.30. The van der Waals surface area contributed by atoms with E-state index in [4.69, 9.17) is 4.74 Å². The molecule has 4 nitrogen and oxygen atoms in total. The number of esters is 1. The summed E-state index contributed by atoms with van der Waals surface area (Å²) in [5.41, 5.74) is 0. The van der Waals surface area contributed by atoms with E-state index in [0.29, 0.717) is 12.8 Å². The highest BCUT2D eigenvalue weighted by atomic mass is 127. The van der Waals surface area contributed by atoms with Gasteiger partial charge in [0.2, 0.25) is 0 Å². The maximum Gasteiger partial charge on any atom is 0.335 e. The van der Waals surface area contributed by atoms with Crippen molar-refractivity contribution in [3.05, 3.63) is 0 Å². The Morgan fingerprint density at radius 2 is 2.33 bits per heavy atom. The number of aliphatic hydroxyl groups is 1. The van der Waals surface area contributed by atoms with E-state index < -0.39 is 18.2 Å². The SMILES string of the molecule is COC(=O)[C@@H]1CC(O)CC(I)O1. The number of methoxy groups -OCH3 is 1. The summed E-state index contributed by atoms with van der Waals surface area (Å²) in [6.45, 7) is 0. The predicted octanol–water partition coefficient (Wildman–Crippen LogP) is 0.460. The van der Waals surface area contributed by atoms with Crippen molar-refractivity contribution in [2.75, 3.05) is 7.11 Å². The van der Waals surface area contributed by atoms with Crippen LogP contribution in [0.3, 0.4) is 0 Å². The van der Waals surface area contributed by atoms with Crippen molar-refractivity contribution in [1.82, 2.24) is 0 Å². The average molecular weight is 286 g/mol. The molecule has 5 heteroatoms. The number of hydrogen-bond donors (Lipinski definition) is 1. The molecule has 0 aromatic heterocycles. The first-order valence-electron chi connectivity index (χ1n) is 3.69. The summed E-state index contributed by atoms with van der Waals surface area (Å²) in [4.78, 5) is 11.0. The van der Waals surface area contributed by atoms with E-state index in [1.807, 2.05) is 22.6 Å². The minimum atomic E-state index is -0.597. The maximum absolute atomic E-state index is 11.0. The van der Waals surface area contributed by atoms with Crippen LogP contribution in [0.1, 0.15) is 12.8 Å². The van der Waals surface area contributed by atoms with Crippen molar-refractivity contribution >= 4 is 28.6 Å². The molecule has 1 heterocycles. The van der Waals surface area contributed by atoms with Crippen LogP contribution < -0.4 is 0 Å². The molecule has 1 saturated heterocycles. The fourth-order valence-electron chi connectivity index (χ4n) is 1.13. The number of aliphatic hydroxyl groups excluding tert-OH is 1. The van der Waals surface area contributed by atoms with E-state index in [1.165, 1.54) is 7.11 Å². The lowest BCUT2D eigenvalue weighted by molar-refractivity contribution is -0.162. The number of alkyl halides is 1. The molecule has 0 bridgehead atoms. The highest BCUT2D eigenvalue weighted by Gasteiger charge is 2.31. The van der Waals surface area contributed by atoms with Crippen LogP contribution in [0.5, 0.6) is 0 Å². The monoisotopic (exact) mass is 286 g/mol. The normalized spacial score (nSPS) is 36.1. The summed E-state index contributed by atoms with van der Waals surface area (Å²) in [6.07, 6.45) is -0.134. The fourth-order valence-corrected chi connectivity index (χ4v) is 2.07. The van der Waals surface area contributed by atoms with Crippen LogP contribution in [0.4, 0.5) is 0 Å². The van der Waals surface area contributed by atoms with Gasteiger partial charge in [0.25, 0.3) is 0 Å². The lowest BCUT2D eigenvalue weighted by Gasteiger charge is -2.28. The lowest BCUT2D eigenvalue weighted by atomic mass is 10.1. The zero-order valence-corrected chi connectivity index (χ0v) is 8.85. The third-order valence-electron chi connectivity index (χ3n) is 1.72. The van der Waals surface area contributed by atoms with Gasteiger partial charge >= 0.3 is 5.97 Å². The molecule has 12 heavy (non-hydrogen) atoms. The van der Waals surface area contributed by atoms with E-state index in [9.17, 15) is 9.90 Å². The third-order valence-corrected chi connectivity index (χ3v) is 2.52. The minimum Gasteiger partial charge on any atom is -0.467 e. The summed E-state index contributed by atoms with van der Waals surface area (Å²) < 4.78 is 9.67. The van der Waals surface area contributed by atoms with E-state index in [2.05, 4.69) is 4.74 Å². The van der Waals surface area contributed by atoms with E-state index in [-0.39, 0.29) is 4.11 Å². The molecular formula is C7H11IO4. The molecule has 0 radical (unpaired) electrons. The number of carbonyl (C=O) groups is 1. The fraction of sp³-hybridized carbons (Fsp3) is 0.857. The van der Waals surface area contributed by atoms with Gasteiger partial charge < -0.3 is 14.6 Å². The van der Waals surface area contributed by atoms with Crippen LogP contribution in [-0.4, -0.2) is 34.5 Å². The smallest absolute Gasteiger partial charge is 0.335 e. The number of hydrogen-bond acceptors (Lipinski definition) is 4. The molecule has 0 amide bonds. The molecule has 1 fully saturated rings. The topological polar surface area (TPSA) is 55.8 Å². The van der Waals surface area contributed by atoms with Crippen LogP contribution in [0, 0.1) is 0 Å². The number of carbonyl (C=O) groups excluding carboxylic acids is 1. The van der Waals surface area contributed by atoms with Crippen molar-refractivity contribution in [2.24, 2.45) is 0 Å². The Hall–Kier alpha value is 0.120. The van der Waals surface area contributed by atoms with Gasteiger partial charge in [-0.2, -0.15) is 0 Å². The summed E-state index contributed by atoms with van der Waals surface area (Å²) in [7, 11) is 1.31. The largest absolute Gasteiger partial charge is 0.467 e. The number of ether oxygens (including phenoxy) is 2. The molecule has 0 aliphatic carbocycles. The van der Waals surface area contributed by atoms with E-state index >= 15 is 0 Å². The second-order valence-electron chi connectivity index (χ2n) is 2.68. The summed E-state index contributed by atoms with van der Waals surface area (Å²) >= 11 is 2.05. The van der Waals surface area contributed by atoms with Crippen LogP contribution in [0.15, 0.2) is 0 Å². The molecule has 70 valence electrons. The van der Waals surface area contributed by atoms with Gasteiger partial charge in [-0.25, -0.2) is 4.79 Å². The third kappa shape index (κ3) is 2.56. The predicted molar refractivity (Wildman–Crippen MR) is 49.9 cm³/mol. The standard InChI is InChI=1S/C7H11IO4/c1-11-7(10)5-2-4(9)3-6(8)12-5/h4-6,9H,2-3H2,1H3/t4?,5-,6?/m0/s1. The highest BCUT2D eigenvalue weighted by molar-refractivity contribution is 14.1. The average Bonchev–Trinajstić information content (AvgIpc) is 2.01. The highest BCUT2D eigenvalue weighted by Crippen LogP contribution is 2.24. The van der Waals surface area contributed by atoms with Crippen molar-refractivity contribution < 1.29 is 19.4 Å². The number of halogens is 1. The van der Waals surface area contributed by atoms with Crippen molar-refractivity contribution in [3.8, 4) is 0 Å². The molecule has 0 aromatic carbocycles. The van der Waals surface area contributed by atoms with Crippen LogP contribution >= 0.6 is 22.6 Å². The Morgan fingerprint density at radius 1 is 1.67 bits per heavy atom. The van der Waals surface area contributed by atoms with Gasteiger partial charge in [0.1, 0.15) is 4.11 Å². The van der Waals surface area contributed by atoms with Crippen LogP contribution in [0.2, 0.25) is 0 Å². The molecule has 1 N–H and O–H groups in total. The molecule has 2 unspecified atom stereocenters. The Morgan fingerprint density at radius 3 is 2.83 bits per heavy atom. The van der Waals surface area contributed by atoms with Gasteiger partial charge in [-0.1, -0.05) is 22.6 Å². The minimum absolute atomic E-state index is 0.101. The molecular weight excluding hydrogens is 275 g/mol. The van der Waals surface area contributed by atoms with Gasteiger partial charge in [-0.15, -0.1) is 0 Å². The van der Waals surface area contributed by atoms with Crippen molar-refractivity contribution in [2.45, 2.75) is 29.2 Å². The molecule has 0 saturated carbocycles. The quantitative estimate of drug-likeness (QED) is 0.432. The van der Waals surface area contributed by atoms with Crippen LogP contribution in [0.25, 0.3) is 0 Å². The summed E-state index contributed by atoms with van der Waals surface area (Å²) in [6, 6.07) is 0. The van der Waals surface area contributed by atoms with Gasteiger partial charge in [0.05, 0.1) is 13.2 Å². The molecule has 0 spiro atoms. The lowest BCUT2D eigenvalue weighted by Crippen LogP contribution is -2.38. The first-order chi connectivity index (χ1) is 5.63. The summed E-state index contributed by atoms with van der Waals surface area (Å²) in [5.74, 6) is -0.407. The molecule has 0 aromatic rings. The van der Waals surface area contributed by atoms with E-state index in [1.54, 1.807) is 0 Å².